The van der Waals surface area contributed by atoms with Crippen LogP contribution >= 0.6 is 15.9 Å². The zero-order valence-corrected chi connectivity index (χ0v) is 5.94. The standard InChI is InChI=1S/C5H9BrO2/c6-4-2-1-3-5(7)8/h1-4H2,(H,7,8)/i4D2. The number of carboxylic acid groups (broad SMARTS) is 1. The molecule has 3 heteroatoms. The van der Waals surface area contributed by atoms with E-state index < -0.39 is 11.3 Å². The van der Waals surface area contributed by atoms with E-state index in [0.717, 1.165) is 0 Å². The highest BCUT2D eigenvalue weighted by atomic mass is 79.9. The molecule has 0 unspecified atom stereocenters. The van der Waals surface area contributed by atoms with Crippen molar-refractivity contribution in [1.82, 2.24) is 0 Å². The van der Waals surface area contributed by atoms with E-state index in [0.29, 0.717) is 6.42 Å². The SMILES string of the molecule is [2H]C([2H])(Br)CCCC(=O)O. The van der Waals surface area contributed by atoms with Crippen LogP contribution in [0.25, 0.3) is 0 Å². The number of hydrogen-bond acceptors (Lipinski definition) is 1. The second kappa shape index (κ2) is 5.09. The van der Waals surface area contributed by atoms with Crippen LogP contribution in [0.1, 0.15) is 22.0 Å². The van der Waals surface area contributed by atoms with Crippen LogP contribution < -0.4 is 0 Å². The van der Waals surface area contributed by atoms with Crippen LogP contribution in [0.4, 0.5) is 0 Å². The van der Waals surface area contributed by atoms with Gasteiger partial charge < -0.3 is 5.11 Å². The van der Waals surface area contributed by atoms with E-state index in [1.807, 2.05) is 0 Å². The van der Waals surface area contributed by atoms with Crippen LogP contribution in [0.15, 0.2) is 0 Å². The van der Waals surface area contributed by atoms with E-state index in [4.69, 9.17) is 7.85 Å². The molecule has 0 fully saturated rings. The van der Waals surface area contributed by atoms with Crippen LogP contribution in [-0.4, -0.2) is 16.4 Å². The van der Waals surface area contributed by atoms with Crippen LogP contribution in [0.2, 0.25) is 0 Å². The van der Waals surface area contributed by atoms with Crippen molar-refractivity contribution in [2.75, 3.05) is 5.28 Å². The van der Waals surface area contributed by atoms with Gasteiger partial charge in [-0.05, 0) is 12.8 Å². The third-order valence-corrected chi connectivity index (χ3v) is 1.06. The maximum absolute atomic E-state index is 9.95. The van der Waals surface area contributed by atoms with Crippen LogP contribution in [0, 0.1) is 0 Å². The number of rotatable bonds is 4. The largest absolute Gasteiger partial charge is 0.481 e. The lowest BCUT2D eigenvalue weighted by atomic mass is 10.3. The molecule has 0 aromatic heterocycles. The molecule has 0 heterocycles. The Morgan fingerprint density at radius 1 is 1.75 bits per heavy atom. The van der Waals surface area contributed by atoms with E-state index >= 15 is 0 Å². The summed E-state index contributed by atoms with van der Waals surface area (Å²) in [6.07, 6.45) is 0.637. The van der Waals surface area contributed by atoms with E-state index in [-0.39, 0.29) is 12.8 Å². The average Bonchev–Trinajstić information content (AvgIpc) is 1.59. The first kappa shape index (κ1) is 4.79. The molecular weight excluding hydrogens is 172 g/mol. The molecule has 0 aromatic rings. The van der Waals surface area contributed by atoms with Gasteiger partial charge in [0.05, 0.1) is 0 Å². The Labute approximate surface area is 59.8 Å². The number of aliphatic carboxylic acids is 1. The van der Waals surface area contributed by atoms with Crippen molar-refractivity contribution in [2.45, 2.75) is 19.3 Å². The molecule has 0 aliphatic rings. The van der Waals surface area contributed by atoms with E-state index in [1.165, 1.54) is 0 Å². The van der Waals surface area contributed by atoms with Crippen molar-refractivity contribution in [1.29, 1.82) is 0 Å². The molecule has 0 aromatic carbocycles. The third kappa shape index (κ3) is 5.95. The number of carboxylic acids is 1. The fraction of sp³-hybridized carbons (Fsp3) is 0.800. The minimum absolute atomic E-state index is 0.0328. The Balaban J connectivity index is 3.29. The Bertz CT molecular complexity index is 121. The zero-order chi connectivity index (χ0) is 8.20. The Morgan fingerprint density at radius 3 is 2.75 bits per heavy atom. The van der Waals surface area contributed by atoms with E-state index in [1.54, 1.807) is 0 Å². The Hall–Kier alpha value is -0.0500. The first-order chi connectivity index (χ1) is 4.42. The van der Waals surface area contributed by atoms with Gasteiger partial charge in [-0.15, -0.1) is 0 Å². The fourth-order valence-electron chi connectivity index (χ4n) is 0.306. The second-order valence-electron chi connectivity index (χ2n) is 1.38. The van der Waals surface area contributed by atoms with Gasteiger partial charge in [0.25, 0.3) is 0 Å². The summed E-state index contributed by atoms with van der Waals surface area (Å²) >= 11 is 2.77. The molecule has 0 aliphatic carbocycles. The molecule has 0 atom stereocenters. The summed E-state index contributed by atoms with van der Waals surface area (Å²) in [5, 5.41) is 6.76. The van der Waals surface area contributed by atoms with Gasteiger partial charge in [-0.1, -0.05) is 15.9 Å². The van der Waals surface area contributed by atoms with Crippen LogP contribution in [0.5, 0.6) is 0 Å². The van der Waals surface area contributed by atoms with Crippen LogP contribution in [0.3, 0.4) is 0 Å². The summed E-state index contributed by atoms with van der Waals surface area (Å²) in [6.45, 7) is 0. The predicted molar refractivity (Wildman–Crippen MR) is 35.3 cm³/mol. The molecule has 0 bridgehead atoms. The lowest BCUT2D eigenvalue weighted by molar-refractivity contribution is -0.137. The molecule has 48 valence electrons. The van der Waals surface area contributed by atoms with Crippen molar-refractivity contribution in [3.05, 3.63) is 0 Å². The predicted octanol–water partition coefficient (Wildman–Crippen LogP) is 1.64. The van der Waals surface area contributed by atoms with Crippen molar-refractivity contribution in [2.24, 2.45) is 0 Å². The molecule has 0 rings (SSSR count). The van der Waals surface area contributed by atoms with Gasteiger partial charge in [-0.25, -0.2) is 0 Å². The minimum atomic E-state index is -1.41. The van der Waals surface area contributed by atoms with Crippen molar-refractivity contribution < 1.29 is 12.6 Å². The van der Waals surface area contributed by atoms with Gasteiger partial charge in [0.15, 0.2) is 0 Å². The van der Waals surface area contributed by atoms with E-state index in [2.05, 4.69) is 15.9 Å². The zero-order valence-electron chi connectivity index (χ0n) is 6.35. The number of hydrogen-bond donors (Lipinski definition) is 1. The van der Waals surface area contributed by atoms with Gasteiger partial charge in [-0.2, -0.15) is 0 Å². The number of halogens is 1. The van der Waals surface area contributed by atoms with Crippen molar-refractivity contribution in [3.8, 4) is 0 Å². The monoisotopic (exact) mass is 182 g/mol. The Morgan fingerprint density at radius 2 is 2.38 bits per heavy atom. The highest BCUT2D eigenvalue weighted by Crippen LogP contribution is 1.97. The summed E-state index contributed by atoms with van der Waals surface area (Å²) in [5.41, 5.74) is 0. The maximum Gasteiger partial charge on any atom is 0.303 e. The van der Waals surface area contributed by atoms with Gasteiger partial charge in [-0.3, -0.25) is 4.79 Å². The van der Waals surface area contributed by atoms with Crippen molar-refractivity contribution in [3.63, 3.8) is 0 Å². The molecule has 8 heavy (non-hydrogen) atoms. The summed E-state index contributed by atoms with van der Waals surface area (Å²) in [7, 11) is 0. The summed E-state index contributed by atoms with van der Waals surface area (Å²) in [4.78, 5) is 9.95. The molecule has 2 nitrogen and oxygen atoms in total. The van der Waals surface area contributed by atoms with Crippen LogP contribution in [-0.2, 0) is 4.79 Å². The summed E-state index contributed by atoms with van der Waals surface area (Å²) in [5.74, 6) is -0.878. The first-order valence-corrected chi connectivity index (χ1v) is 3.12. The fourth-order valence-corrected chi connectivity index (χ4v) is 0.587. The molecule has 0 radical (unpaired) electrons. The van der Waals surface area contributed by atoms with Gasteiger partial charge in [0.2, 0.25) is 0 Å². The smallest absolute Gasteiger partial charge is 0.303 e. The van der Waals surface area contributed by atoms with Gasteiger partial charge in [0.1, 0.15) is 0 Å². The van der Waals surface area contributed by atoms with Gasteiger partial charge >= 0.3 is 5.97 Å². The van der Waals surface area contributed by atoms with E-state index in [9.17, 15) is 4.79 Å². The summed E-state index contributed by atoms with van der Waals surface area (Å²) in [6, 6.07) is 0. The average molecular weight is 183 g/mol. The molecule has 0 amide bonds. The lowest BCUT2D eigenvalue weighted by Crippen LogP contribution is -1.93. The minimum Gasteiger partial charge on any atom is -0.481 e. The quantitative estimate of drug-likeness (QED) is 0.672. The highest BCUT2D eigenvalue weighted by molar-refractivity contribution is 9.09. The Kier molecular flexibility index (Phi) is 3.05. The van der Waals surface area contributed by atoms with Crippen molar-refractivity contribution >= 4 is 21.9 Å². The number of carbonyl (C=O) groups is 1. The van der Waals surface area contributed by atoms with Gasteiger partial charge in [0, 0.05) is 14.4 Å². The molecule has 0 saturated carbocycles. The maximum atomic E-state index is 9.95. The summed E-state index contributed by atoms with van der Waals surface area (Å²) < 4.78 is 13.9. The number of alkyl halides is 1. The first-order valence-electron chi connectivity index (χ1n) is 3.32. The third-order valence-electron chi connectivity index (χ3n) is 0.662. The topological polar surface area (TPSA) is 37.3 Å². The molecule has 1 N–H and O–H groups in total. The molecule has 0 saturated heterocycles. The molecule has 0 spiro atoms. The highest BCUT2D eigenvalue weighted by Gasteiger charge is 1.93. The molecular formula is C5H9BrO2. The normalized spacial score (nSPS) is 14.6. The second-order valence-corrected chi connectivity index (χ2v) is 1.94. The molecule has 0 aliphatic heterocycles. The lowest BCUT2D eigenvalue weighted by Gasteiger charge is -1.88.